The van der Waals surface area contributed by atoms with Crippen LogP contribution in [0.25, 0.3) is 0 Å². The molecule has 0 fully saturated rings. The Morgan fingerprint density at radius 2 is 1.87 bits per heavy atom. The molecule has 0 heteroatoms. The van der Waals surface area contributed by atoms with E-state index in [2.05, 4.69) is 52.0 Å². The van der Waals surface area contributed by atoms with Crippen LogP contribution in [0.2, 0.25) is 0 Å². The SMILES string of the molecule is CC1=CC[C@H]2/C(C)=C\C=C/C(C)(C)C[C@H]12. The molecule has 0 aromatic heterocycles. The van der Waals surface area contributed by atoms with E-state index < -0.39 is 0 Å². The minimum atomic E-state index is 0.347. The quantitative estimate of drug-likeness (QED) is 0.507. The minimum absolute atomic E-state index is 0.347. The average molecular weight is 202 g/mol. The molecule has 2 atom stereocenters. The number of hydrogen-bond acceptors (Lipinski definition) is 0. The van der Waals surface area contributed by atoms with Crippen LogP contribution in [0.15, 0.2) is 35.5 Å². The van der Waals surface area contributed by atoms with Crippen molar-refractivity contribution < 1.29 is 0 Å². The molecule has 0 heterocycles. The maximum absolute atomic E-state index is 2.44. The monoisotopic (exact) mass is 202 g/mol. The summed E-state index contributed by atoms with van der Waals surface area (Å²) in [5.74, 6) is 1.55. The van der Waals surface area contributed by atoms with Gasteiger partial charge < -0.3 is 0 Å². The smallest absolute Gasteiger partial charge is 0.0102 e. The van der Waals surface area contributed by atoms with Gasteiger partial charge in [0.1, 0.15) is 0 Å². The summed E-state index contributed by atoms with van der Waals surface area (Å²) in [5, 5.41) is 0. The number of allylic oxidation sites excluding steroid dienone is 6. The molecule has 2 rings (SSSR count). The van der Waals surface area contributed by atoms with Crippen molar-refractivity contribution in [3.05, 3.63) is 35.5 Å². The van der Waals surface area contributed by atoms with Crippen LogP contribution in [-0.4, -0.2) is 0 Å². The molecule has 0 radical (unpaired) electrons. The molecule has 0 spiro atoms. The van der Waals surface area contributed by atoms with Crippen molar-refractivity contribution in [2.24, 2.45) is 17.3 Å². The zero-order valence-electron chi connectivity index (χ0n) is 10.4. The number of fused-ring (bicyclic) bond motifs is 1. The van der Waals surface area contributed by atoms with E-state index in [9.17, 15) is 0 Å². The summed E-state index contributed by atoms with van der Waals surface area (Å²) in [6.07, 6.45) is 11.9. The molecule has 2 aliphatic rings. The van der Waals surface area contributed by atoms with Crippen LogP contribution < -0.4 is 0 Å². The predicted octanol–water partition coefficient (Wildman–Crippen LogP) is 4.50. The molecule has 0 aliphatic heterocycles. The van der Waals surface area contributed by atoms with Gasteiger partial charge in [-0.25, -0.2) is 0 Å². The van der Waals surface area contributed by atoms with Crippen molar-refractivity contribution in [3.63, 3.8) is 0 Å². The van der Waals surface area contributed by atoms with Crippen LogP contribution in [0.5, 0.6) is 0 Å². The summed E-state index contributed by atoms with van der Waals surface area (Å²) in [5.41, 5.74) is 3.51. The molecule has 0 saturated heterocycles. The van der Waals surface area contributed by atoms with Gasteiger partial charge in [-0.05, 0) is 43.9 Å². The van der Waals surface area contributed by atoms with Crippen molar-refractivity contribution in [1.29, 1.82) is 0 Å². The van der Waals surface area contributed by atoms with Crippen LogP contribution in [0.1, 0.15) is 40.5 Å². The molecule has 15 heavy (non-hydrogen) atoms. The third kappa shape index (κ3) is 2.09. The van der Waals surface area contributed by atoms with E-state index >= 15 is 0 Å². The van der Waals surface area contributed by atoms with Crippen LogP contribution in [-0.2, 0) is 0 Å². The van der Waals surface area contributed by atoms with Crippen molar-refractivity contribution in [2.45, 2.75) is 40.5 Å². The van der Waals surface area contributed by atoms with Gasteiger partial charge >= 0.3 is 0 Å². The number of hydrogen-bond donors (Lipinski definition) is 0. The second kappa shape index (κ2) is 3.66. The van der Waals surface area contributed by atoms with Gasteiger partial charge in [0, 0.05) is 0 Å². The molecule has 0 unspecified atom stereocenters. The van der Waals surface area contributed by atoms with Crippen molar-refractivity contribution in [2.75, 3.05) is 0 Å². The van der Waals surface area contributed by atoms with Gasteiger partial charge in [-0.15, -0.1) is 0 Å². The van der Waals surface area contributed by atoms with Gasteiger partial charge in [-0.3, -0.25) is 0 Å². The first-order chi connectivity index (χ1) is 6.99. The summed E-state index contributed by atoms with van der Waals surface area (Å²) >= 11 is 0. The maximum Gasteiger partial charge on any atom is -0.0102 e. The lowest BCUT2D eigenvalue weighted by atomic mass is 9.73. The highest BCUT2D eigenvalue weighted by Gasteiger charge is 2.33. The van der Waals surface area contributed by atoms with E-state index in [0.717, 1.165) is 11.8 Å². The molecule has 0 aromatic rings. The molecule has 0 saturated carbocycles. The summed E-state index contributed by atoms with van der Waals surface area (Å²) in [6.45, 7) is 9.29. The Labute approximate surface area is 93.8 Å². The fraction of sp³-hybridized carbons (Fsp3) is 0.600. The number of rotatable bonds is 0. The summed E-state index contributed by atoms with van der Waals surface area (Å²) in [4.78, 5) is 0. The molecular formula is C15H22. The van der Waals surface area contributed by atoms with Crippen LogP contribution in [0, 0.1) is 17.3 Å². The Bertz CT molecular complexity index is 339. The summed E-state index contributed by atoms with van der Waals surface area (Å²) < 4.78 is 0. The maximum atomic E-state index is 2.44. The highest BCUT2D eigenvalue weighted by atomic mass is 14.4. The van der Waals surface area contributed by atoms with E-state index in [0.29, 0.717) is 5.41 Å². The zero-order valence-corrected chi connectivity index (χ0v) is 10.4. The first kappa shape index (κ1) is 10.7. The van der Waals surface area contributed by atoms with Crippen molar-refractivity contribution >= 4 is 0 Å². The lowest BCUT2D eigenvalue weighted by Crippen LogP contribution is -2.21. The Morgan fingerprint density at radius 3 is 2.60 bits per heavy atom. The lowest BCUT2D eigenvalue weighted by Gasteiger charge is -2.31. The van der Waals surface area contributed by atoms with Crippen molar-refractivity contribution in [1.82, 2.24) is 0 Å². The molecule has 2 aliphatic carbocycles. The Hall–Kier alpha value is -0.780. The molecule has 0 aromatic carbocycles. The topological polar surface area (TPSA) is 0 Å². The van der Waals surface area contributed by atoms with Crippen LogP contribution >= 0.6 is 0 Å². The van der Waals surface area contributed by atoms with E-state index in [1.807, 2.05) is 0 Å². The largest absolute Gasteiger partial charge is 0.0847 e. The molecule has 0 bridgehead atoms. The second-order valence-electron chi connectivity index (χ2n) is 5.86. The Morgan fingerprint density at radius 1 is 1.13 bits per heavy atom. The second-order valence-corrected chi connectivity index (χ2v) is 5.86. The predicted molar refractivity (Wildman–Crippen MR) is 66.6 cm³/mol. The highest BCUT2D eigenvalue weighted by molar-refractivity contribution is 5.27. The van der Waals surface area contributed by atoms with Gasteiger partial charge in [-0.2, -0.15) is 0 Å². The first-order valence-corrected chi connectivity index (χ1v) is 6.02. The van der Waals surface area contributed by atoms with Crippen LogP contribution in [0.4, 0.5) is 0 Å². The fourth-order valence-corrected chi connectivity index (χ4v) is 2.97. The zero-order chi connectivity index (χ0) is 11.1. The van der Waals surface area contributed by atoms with E-state index in [1.54, 1.807) is 11.1 Å². The van der Waals surface area contributed by atoms with E-state index in [4.69, 9.17) is 0 Å². The molecular weight excluding hydrogens is 180 g/mol. The standard InChI is InChI=1S/C15H22/c1-11-6-5-9-15(3,4)10-14-12(2)7-8-13(11)14/h5-7,9,13-14H,8,10H2,1-4H3/b9-5-,11-6-/t13-,14+/m0/s1. The average Bonchev–Trinajstić information content (AvgIpc) is 2.45. The van der Waals surface area contributed by atoms with Gasteiger partial charge in [0.2, 0.25) is 0 Å². The van der Waals surface area contributed by atoms with E-state index in [-0.39, 0.29) is 0 Å². The first-order valence-electron chi connectivity index (χ1n) is 6.02. The van der Waals surface area contributed by atoms with Gasteiger partial charge in [0.05, 0.1) is 0 Å². The third-order valence-corrected chi connectivity index (χ3v) is 4.00. The molecule has 82 valence electrons. The highest BCUT2D eigenvalue weighted by Crippen LogP contribution is 2.44. The Kier molecular flexibility index (Phi) is 2.62. The van der Waals surface area contributed by atoms with Crippen LogP contribution in [0.3, 0.4) is 0 Å². The van der Waals surface area contributed by atoms with Gasteiger partial charge in [-0.1, -0.05) is 49.3 Å². The molecule has 0 N–H and O–H groups in total. The normalized spacial score (nSPS) is 39.5. The van der Waals surface area contributed by atoms with E-state index in [1.165, 1.54) is 12.8 Å². The Balaban J connectivity index is 2.33. The summed E-state index contributed by atoms with van der Waals surface area (Å²) in [6, 6.07) is 0. The minimum Gasteiger partial charge on any atom is -0.0847 e. The third-order valence-electron chi connectivity index (χ3n) is 4.00. The lowest BCUT2D eigenvalue weighted by molar-refractivity contribution is 0.314. The molecule has 0 nitrogen and oxygen atoms in total. The molecule has 0 amide bonds. The fourth-order valence-electron chi connectivity index (χ4n) is 2.97. The van der Waals surface area contributed by atoms with Crippen molar-refractivity contribution in [3.8, 4) is 0 Å². The summed E-state index contributed by atoms with van der Waals surface area (Å²) in [7, 11) is 0. The van der Waals surface area contributed by atoms with Gasteiger partial charge in [0.15, 0.2) is 0 Å². The van der Waals surface area contributed by atoms with Gasteiger partial charge in [0.25, 0.3) is 0 Å².